The lowest BCUT2D eigenvalue weighted by Gasteiger charge is -2.39. The van der Waals surface area contributed by atoms with E-state index in [-0.39, 0.29) is 42.8 Å². The number of hydrogen-bond donors (Lipinski definition) is 1. The molecule has 13 heteroatoms. The SMILES string of the molecule is CC(=O)N1CCN(c2ncc(-c3ccc4c(=O)n(C)n(Cc5cn(CCO)cc5C(F)(F)F)c4c3)cn2)C[C@H]1C. The summed E-state index contributed by atoms with van der Waals surface area (Å²) in [5, 5.41) is 9.57. The van der Waals surface area contributed by atoms with E-state index in [0.29, 0.717) is 47.6 Å². The molecule has 3 aromatic heterocycles. The van der Waals surface area contributed by atoms with E-state index in [1.165, 1.54) is 27.2 Å². The summed E-state index contributed by atoms with van der Waals surface area (Å²) in [7, 11) is 1.52. The van der Waals surface area contributed by atoms with Gasteiger partial charge in [-0.2, -0.15) is 13.2 Å². The molecule has 1 aliphatic rings. The second-order valence-electron chi connectivity index (χ2n) is 10.1. The molecular weight excluding hydrogens is 527 g/mol. The zero-order valence-electron chi connectivity index (χ0n) is 22.4. The molecule has 1 amide bonds. The quantitative estimate of drug-likeness (QED) is 0.391. The van der Waals surface area contributed by atoms with Crippen molar-refractivity contribution in [3.63, 3.8) is 0 Å². The van der Waals surface area contributed by atoms with Gasteiger partial charge in [-0.15, -0.1) is 0 Å². The Bertz CT molecular complexity index is 1600. The Balaban J connectivity index is 1.46. The minimum atomic E-state index is -4.58. The summed E-state index contributed by atoms with van der Waals surface area (Å²) in [6.07, 6.45) is 1.09. The summed E-state index contributed by atoms with van der Waals surface area (Å²) in [6.45, 7) is 4.90. The molecular formula is C27H30F3N7O3. The fourth-order valence-electron chi connectivity index (χ4n) is 5.33. The summed E-state index contributed by atoms with van der Waals surface area (Å²) >= 11 is 0. The Hall–Kier alpha value is -4.13. The number of anilines is 1. The molecule has 1 saturated heterocycles. The van der Waals surface area contributed by atoms with Gasteiger partial charge in [0.1, 0.15) is 0 Å². The number of alkyl halides is 3. The topological polar surface area (TPSA) is 101 Å². The number of carbonyl (C=O) groups excluding carboxylic acids is 1. The predicted molar refractivity (Wildman–Crippen MR) is 143 cm³/mol. The van der Waals surface area contributed by atoms with Crippen LogP contribution in [0, 0.1) is 0 Å². The van der Waals surface area contributed by atoms with Crippen LogP contribution in [0.2, 0.25) is 0 Å². The van der Waals surface area contributed by atoms with Gasteiger partial charge in [0.25, 0.3) is 5.56 Å². The molecule has 0 radical (unpaired) electrons. The third kappa shape index (κ3) is 5.08. The first-order valence-electron chi connectivity index (χ1n) is 12.9. The van der Waals surface area contributed by atoms with Crippen LogP contribution in [-0.2, 0) is 31.1 Å². The lowest BCUT2D eigenvalue weighted by molar-refractivity contribution is -0.138. The second kappa shape index (κ2) is 10.5. The van der Waals surface area contributed by atoms with E-state index >= 15 is 0 Å². The highest BCUT2D eigenvalue weighted by atomic mass is 19.4. The highest BCUT2D eigenvalue weighted by molar-refractivity contribution is 5.84. The van der Waals surface area contributed by atoms with Gasteiger partial charge >= 0.3 is 6.18 Å². The first kappa shape index (κ1) is 27.4. The van der Waals surface area contributed by atoms with Gasteiger partial charge in [-0.05, 0) is 24.6 Å². The summed E-state index contributed by atoms with van der Waals surface area (Å²) in [5.41, 5.74) is 0.733. The van der Waals surface area contributed by atoms with Crippen LogP contribution in [0.15, 0.2) is 47.8 Å². The molecule has 0 spiro atoms. The molecule has 4 aromatic rings. The summed E-state index contributed by atoms with van der Waals surface area (Å²) in [5.74, 6) is 0.583. The molecule has 0 bridgehead atoms. The van der Waals surface area contributed by atoms with Gasteiger partial charge < -0.3 is 19.5 Å². The van der Waals surface area contributed by atoms with Crippen molar-refractivity contribution in [2.45, 2.75) is 39.2 Å². The normalized spacial score (nSPS) is 16.2. The molecule has 1 aliphatic heterocycles. The number of carbonyl (C=O) groups is 1. The molecule has 0 saturated carbocycles. The number of piperazine rings is 1. The van der Waals surface area contributed by atoms with E-state index in [9.17, 15) is 27.9 Å². The number of amides is 1. The summed E-state index contributed by atoms with van der Waals surface area (Å²) < 4.78 is 45.4. The van der Waals surface area contributed by atoms with Gasteiger partial charge in [0, 0.05) is 82.1 Å². The van der Waals surface area contributed by atoms with Crippen LogP contribution < -0.4 is 10.5 Å². The molecule has 4 heterocycles. The molecule has 1 aromatic carbocycles. The van der Waals surface area contributed by atoms with Crippen molar-refractivity contribution < 1.29 is 23.1 Å². The Morgan fingerprint density at radius 3 is 2.48 bits per heavy atom. The highest BCUT2D eigenvalue weighted by Gasteiger charge is 2.35. The number of aliphatic hydroxyl groups is 1. The van der Waals surface area contributed by atoms with E-state index in [4.69, 9.17) is 0 Å². The first-order chi connectivity index (χ1) is 19.0. The molecule has 40 heavy (non-hydrogen) atoms. The number of rotatable bonds is 6. The van der Waals surface area contributed by atoms with Crippen molar-refractivity contribution in [2.75, 3.05) is 31.1 Å². The zero-order valence-corrected chi connectivity index (χ0v) is 22.4. The second-order valence-corrected chi connectivity index (χ2v) is 10.1. The van der Waals surface area contributed by atoms with Crippen LogP contribution in [0.1, 0.15) is 25.0 Å². The Kier molecular flexibility index (Phi) is 7.17. The van der Waals surface area contributed by atoms with Crippen LogP contribution in [0.5, 0.6) is 0 Å². The number of halogens is 3. The predicted octanol–water partition coefficient (Wildman–Crippen LogP) is 2.71. The molecule has 212 valence electrons. The van der Waals surface area contributed by atoms with Crippen molar-refractivity contribution in [1.29, 1.82) is 0 Å². The Morgan fingerprint density at radius 1 is 1.12 bits per heavy atom. The standard InChI is InChI=1S/C27H30F3N7O3/c1-17-13-35(6-7-36(17)18(2)39)26-31-11-20(12-32-26)19-4-5-22-24(10-19)37(33(3)25(22)40)15-21-14-34(8-9-38)16-23(21)27(28,29)30/h4-5,10-12,14,16-17,38H,6-9,13,15H2,1-3H3/t17-/m1/s1. The molecule has 10 nitrogen and oxygen atoms in total. The van der Waals surface area contributed by atoms with E-state index in [0.717, 1.165) is 6.20 Å². The van der Waals surface area contributed by atoms with E-state index < -0.39 is 11.7 Å². The number of aliphatic hydroxyl groups excluding tert-OH is 1. The Morgan fingerprint density at radius 2 is 1.85 bits per heavy atom. The number of fused-ring (bicyclic) bond motifs is 1. The largest absolute Gasteiger partial charge is 0.418 e. The van der Waals surface area contributed by atoms with Crippen molar-refractivity contribution in [3.05, 3.63) is 64.5 Å². The first-order valence-corrected chi connectivity index (χ1v) is 12.9. The van der Waals surface area contributed by atoms with Gasteiger partial charge in [0.15, 0.2) is 0 Å². The third-order valence-corrected chi connectivity index (χ3v) is 7.39. The average molecular weight is 558 g/mol. The highest BCUT2D eigenvalue weighted by Crippen LogP contribution is 2.34. The lowest BCUT2D eigenvalue weighted by Crippen LogP contribution is -2.53. The Labute approximate surface area is 227 Å². The smallest absolute Gasteiger partial charge is 0.395 e. The average Bonchev–Trinajstić information content (AvgIpc) is 3.43. The number of benzene rings is 1. The monoisotopic (exact) mass is 557 g/mol. The molecule has 0 aliphatic carbocycles. The van der Waals surface area contributed by atoms with E-state index in [2.05, 4.69) is 9.97 Å². The van der Waals surface area contributed by atoms with Crippen molar-refractivity contribution >= 4 is 22.8 Å². The van der Waals surface area contributed by atoms with Crippen molar-refractivity contribution in [1.82, 2.24) is 28.8 Å². The molecule has 1 fully saturated rings. The van der Waals surface area contributed by atoms with Gasteiger partial charge in [-0.25, -0.2) is 9.97 Å². The fourth-order valence-corrected chi connectivity index (χ4v) is 5.33. The van der Waals surface area contributed by atoms with Crippen LogP contribution in [0.3, 0.4) is 0 Å². The van der Waals surface area contributed by atoms with Crippen LogP contribution >= 0.6 is 0 Å². The van der Waals surface area contributed by atoms with Crippen LogP contribution in [0.4, 0.5) is 19.1 Å². The maximum Gasteiger partial charge on any atom is 0.418 e. The molecule has 5 rings (SSSR count). The number of hydrogen-bond acceptors (Lipinski definition) is 6. The maximum atomic E-state index is 13.8. The summed E-state index contributed by atoms with van der Waals surface area (Å²) in [4.78, 5) is 37.6. The lowest BCUT2D eigenvalue weighted by atomic mass is 10.1. The van der Waals surface area contributed by atoms with Crippen LogP contribution in [0.25, 0.3) is 22.0 Å². The van der Waals surface area contributed by atoms with Gasteiger partial charge in [-0.1, -0.05) is 6.07 Å². The zero-order chi connectivity index (χ0) is 28.8. The van der Waals surface area contributed by atoms with E-state index in [1.807, 2.05) is 16.7 Å². The van der Waals surface area contributed by atoms with Crippen molar-refractivity contribution in [2.24, 2.45) is 7.05 Å². The summed E-state index contributed by atoms with van der Waals surface area (Å²) in [6, 6.07) is 5.20. The number of nitrogens with zero attached hydrogens (tertiary/aromatic N) is 7. The van der Waals surface area contributed by atoms with Gasteiger partial charge in [0.2, 0.25) is 11.9 Å². The number of aromatic nitrogens is 5. The van der Waals surface area contributed by atoms with Gasteiger partial charge in [-0.3, -0.25) is 19.0 Å². The third-order valence-electron chi connectivity index (χ3n) is 7.39. The van der Waals surface area contributed by atoms with E-state index in [1.54, 1.807) is 37.5 Å². The minimum Gasteiger partial charge on any atom is -0.395 e. The van der Waals surface area contributed by atoms with Crippen LogP contribution in [-0.4, -0.2) is 72.1 Å². The molecule has 0 unspecified atom stereocenters. The maximum absolute atomic E-state index is 13.8. The van der Waals surface area contributed by atoms with Crippen molar-refractivity contribution in [3.8, 4) is 11.1 Å². The molecule has 1 atom stereocenters. The minimum absolute atomic E-state index is 0.00867. The fraction of sp³-hybridized carbons (Fsp3) is 0.407. The molecule has 1 N–H and O–H groups in total. The van der Waals surface area contributed by atoms with Gasteiger partial charge in [0.05, 0.1) is 29.6 Å².